The average Bonchev–Trinajstić information content (AvgIpc) is 2.52. The number of aryl methyl sites for hydroxylation is 1. The van der Waals surface area contributed by atoms with Crippen LogP contribution in [0.25, 0.3) is 0 Å². The molecule has 1 unspecified atom stereocenters. The first kappa shape index (κ1) is 15.7. The maximum atomic E-state index is 5.10. The van der Waals surface area contributed by atoms with Gasteiger partial charge < -0.3 is 10.1 Å². The van der Waals surface area contributed by atoms with Crippen molar-refractivity contribution in [2.75, 3.05) is 26.8 Å². The lowest BCUT2D eigenvalue weighted by molar-refractivity contribution is 0.199. The van der Waals surface area contributed by atoms with Crippen molar-refractivity contribution in [1.82, 2.24) is 5.32 Å². The van der Waals surface area contributed by atoms with Crippen molar-refractivity contribution in [1.29, 1.82) is 0 Å². The fourth-order valence-electron chi connectivity index (χ4n) is 2.50. The van der Waals surface area contributed by atoms with Crippen LogP contribution in [0.1, 0.15) is 22.6 Å². The number of benzene rings is 2. The van der Waals surface area contributed by atoms with Crippen LogP contribution in [0.4, 0.5) is 0 Å². The maximum Gasteiger partial charge on any atom is 0.0587 e. The van der Waals surface area contributed by atoms with Crippen molar-refractivity contribution in [2.45, 2.75) is 19.3 Å². The number of nitrogens with one attached hydrogen (secondary N) is 1. The van der Waals surface area contributed by atoms with Crippen LogP contribution in [-0.2, 0) is 11.2 Å². The van der Waals surface area contributed by atoms with E-state index in [9.17, 15) is 0 Å². The number of hydrogen-bond acceptors (Lipinski definition) is 2. The Hall–Kier alpha value is -1.64. The molecule has 0 aliphatic rings. The molecule has 0 spiro atoms. The molecule has 0 radical (unpaired) electrons. The van der Waals surface area contributed by atoms with Crippen LogP contribution in [-0.4, -0.2) is 26.8 Å². The van der Waals surface area contributed by atoms with Gasteiger partial charge in [-0.05, 0) is 24.5 Å². The second-order valence-corrected chi connectivity index (χ2v) is 5.49. The van der Waals surface area contributed by atoms with Gasteiger partial charge in [0.2, 0.25) is 0 Å². The first-order valence-corrected chi connectivity index (χ1v) is 7.59. The molecule has 0 bridgehead atoms. The van der Waals surface area contributed by atoms with Gasteiger partial charge >= 0.3 is 0 Å². The van der Waals surface area contributed by atoms with Crippen molar-refractivity contribution in [2.24, 2.45) is 0 Å². The highest BCUT2D eigenvalue weighted by Crippen LogP contribution is 2.21. The Kier molecular flexibility index (Phi) is 6.45. The topological polar surface area (TPSA) is 21.3 Å². The molecule has 2 nitrogen and oxygen atoms in total. The van der Waals surface area contributed by atoms with Gasteiger partial charge in [-0.25, -0.2) is 0 Å². The fraction of sp³-hybridized carbons (Fsp3) is 0.368. The van der Waals surface area contributed by atoms with E-state index in [1.54, 1.807) is 7.11 Å². The normalized spacial score (nSPS) is 12.3. The molecular weight excluding hydrogens is 258 g/mol. The van der Waals surface area contributed by atoms with E-state index in [1.807, 2.05) is 0 Å². The number of methoxy groups -OCH3 is 1. The van der Waals surface area contributed by atoms with Gasteiger partial charge in [0.1, 0.15) is 0 Å². The average molecular weight is 283 g/mol. The van der Waals surface area contributed by atoms with Crippen LogP contribution >= 0.6 is 0 Å². The highest BCUT2D eigenvalue weighted by molar-refractivity contribution is 5.27. The Bertz CT molecular complexity index is 507. The third-order valence-corrected chi connectivity index (χ3v) is 3.75. The molecule has 0 saturated carbocycles. The summed E-state index contributed by atoms with van der Waals surface area (Å²) < 4.78 is 5.10. The van der Waals surface area contributed by atoms with Crippen molar-refractivity contribution < 1.29 is 4.74 Å². The lowest BCUT2D eigenvalue weighted by Gasteiger charge is -2.19. The van der Waals surface area contributed by atoms with E-state index >= 15 is 0 Å². The van der Waals surface area contributed by atoms with Crippen molar-refractivity contribution in [3.05, 3.63) is 71.3 Å². The predicted molar refractivity (Wildman–Crippen MR) is 88.8 cm³/mol. The monoisotopic (exact) mass is 283 g/mol. The minimum absolute atomic E-state index is 0.491. The zero-order valence-corrected chi connectivity index (χ0v) is 13.0. The third-order valence-electron chi connectivity index (χ3n) is 3.75. The summed E-state index contributed by atoms with van der Waals surface area (Å²) in [5.41, 5.74) is 4.09. The van der Waals surface area contributed by atoms with Crippen molar-refractivity contribution in [3.8, 4) is 0 Å². The van der Waals surface area contributed by atoms with Crippen LogP contribution in [0.15, 0.2) is 54.6 Å². The van der Waals surface area contributed by atoms with Crippen molar-refractivity contribution >= 4 is 0 Å². The van der Waals surface area contributed by atoms with Gasteiger partial charge in [-0.3, -0.25) is 0 Å². The van der Waals surface area contributed by atoms with Gasteiger partial charge in [0.15, 0.2) is 0 Å². The summed E-state index contributed by atoms with van der Waals surface area (Å²) in [4.78, 5) is 0. The van der Waals surface area contributed by atoms with Gasteiger partial charge in [0, 0.05) is 26.1 Å². The van der Waals surface area contributed by atoms with Gasteiger partial charge in [-0.15, -0.1) is 0 Å². The van der Waals surface area contributed by atoms with E-state index in [-0.39, 0.29) is 0 Å². The number of hydrogen-bond donors (Lipinski definition) is 1. The molecule has 21 heavy (non-hydrogen) atoms. The van der Waals surface area contributed by atoms with E-state index < -0.39 is 0 Å². The lowest BCUT2D eigenvalue weighted by atomic mass is 9.91. The Morgan fingerprint density at radius 3 is 2.38 bits per heavy atom. The quantitative estimate of drug-likeness (QED) is 0.748. The van der Waals surface area contributed by atoms with Gasteiger partial charge in [-0.1, -0.05) is 60.2 Å². The van der Waals surface area contributed by atoms with E-state index in [4.69, 9.17) is 4.74 Å². The fourth-order valence-corrected chi connectivity index (χ4v) is 2.50. The summed E-state index contributed by atoms with van der Waals surface area (Å²) in [6, 6.07) is 19.6. The molecule has 0 aliphatic heterocycles. The van der Waals surface area contributed by atoms with E-state index in [0.717, 1.165) is 26.1 Å². The van der Waals surface area contributed by atoms with Crippen LogP contribution in [0.2, 0.25) is 0 Å². The molecule has 0 amide bonds. The summed E-state index contributed by atoms with van der Waals surface area (Å²) in [6.45, 7) is 4.76. The molecule has 2 aromatic carbocycles. The number of rotatable bonds is 8. The Labute approximate surface area is 128 Å². The van der Waals surface area contributed by atoms with Crippen LogP contribution in [0, 0.1) is 6.92 Å². The van der Waals surface area contributed by atoms with Crippen LogP contribution < -0.4 is 5.32 Å². The summed E-state index contributed by atoms with van der Waals surface area (Å²) >= 11 is 0. The highest BCUT2D eigenvalue weighted by atomic mass is 16.5. The molecule has 0 aromatic heterocycles. The summed E-state index contributed by atoms with van der Waals surface area (Å²) in [6.07, 6.45) is 1.06. The summed E-state index contributed by atoms with van der Waals surface area (Å²) in [5.74, 6) is 0.491. The SMILES string of the molecule is COCCNCC(Cc1ccccc1)c1ccc(C)cc1. The van der Waals surface area contributed by atoms with Gasteiger partial charge in [0.05, 0.1) is 6.61 Å². The Morgan fingerprint density at radius 1 is 1.00 bits per heavy atom. The highest BCUT2D eigenvalue weighted by Gasteiger charge is 2.12. The van der Waals surface area contributed by atoms with E-state index in [1.165, 1.54) is 16.7 Å². The van der Waals surface area contributed by atoms with Crippen LogP contribution in [0.5, 0.6) is 0 Å². The lowest BCUT2D eigenvalue weighted by Crippen LogP contribution is -2.26. The minimum Gasteiger partial charge on any atom is -0.383 e. The van der Waals surface area contributed by atoms with Gasteiger partial charge in [0.25, 0.3) is 0 Å². The second kappa shape index (κ2) is 8.60. The summed E-state index contributed by atoms with van der Waals surface area (Å²) in [7, 11) is 1.74. The molecule has 0 saturated heterocycles. The Morgan fingerprint density at radius 2 is 1.71 bits per heavy atom. The molecular formula is C19H25NO. The molecule has 0 heterocycles. The predicted octanol–water partition coefficient (Wildman–Crippen LogP) is 3.56. The largest absolute Gasteiger partial charge is 0.383 e. The molecule has 0 fully saturated rings. The zero-order chi connectivity index (χ0) is 14.9. The molecule has 2 aromatic rings. The molecule has 2 heteroatoms. The maximum absolute atomic E-state index is 5.10. The van der Waals surface area contributed by atoms with E-state index in [2.05, 4.69) is 66.8 Å². The first-order chi connectivity index (χ1) is 10.3. The zero-order valence-electron chi connectivity index (χ0n) is 13.0. The smallest absolute Gasteiger partial charge is 0.0587 e. The minimum atomic E-state index is 0.491. The standard InChI is InChI=1S/C19H25NO/c1-16-8-10-18(11-9-16)19(15-20-12-13-21-2)14-17-6-4-3-5-7-17/h3-11,19-20H,12-15H2,1-2H3. The first-order valence-electron chi connectivity index (χ1n) is 7.59. The van der Waals surface area contributed by atoms with Gasteiger partial charge in [-0.2, -0.15) is 0 Å². The second-order valence-electron chi connectivity index (χ2n) is 5.49. The molecule has 112 valence electrons. The number of ether oxygens (including phenoxy) is 1. The van der Waals surface area contributed by atoms with Crippen LogP contribution in [0.3, 0.4) is 0 Å². The van der Waals surface area contributed by atoms with E-state index in [0.29, 0.717) is 5.92 Å². The molecule has 1 N–H and O–H groups in total. The Balaban J connectivity index is 2.04. The third kappa shape index (κ3) is 5.33. The summed E-state index contributed by atoms with van der Waals surface area (Å²) in [5, 5.41) is 3.49. The molecule has 1 atom stereocenters. The molecule has 2 rings (SSSR count). The molecule has 0 aliphatic carbocycles. The van der Waals surface area contributed by atoms with Crippen molar-refractivity contribution in [3.63, 3.8) is 0 Å².